The van der Waals surface area contributed by atoms with Gasteiger partial charge in [-0.2, -0.15) is 0 Å². The van der Waals surface area contributed by atoms with Crippen LogP contribution in [0.15, 0.2) is 30.3 Å². The lowest BCUT2D eigenvalue weighted by atomic mass is 10.2. The summed E-state index contributed by atoms with van der Waals surface area (Å²) in [5, 5.41) is 3.38. The van der Waals surface area contributed by atoms with Crippen molar-refractivity contribution < 1.29 is 9.13 Å². The standard InChI is InChI=1S/C15H15Cl2FN2O/c1-2-6-21-13-5-3-4-12(14(13)19)20-15-10(16)7-9(18)8-11(15)17/h3-5,7-8,20H,2,6,19H2,1H3. The monoisotopic (exact) mass is 328 g/mol. The number of ether oxygens (including phenoxy) is 1. The Morgan fingerprint density at radius 2 is 1.90 bits per heavy atom. The number of halogens is 3. The van der Waals surface area contributed by atoms with Crippen molar-refractivity contribution in [3.63, 3.8) is 0 Å². The molecule has 0 amide bonds. The van der Waals surface area contributed by atoms with Crippen molar-refractivity contribution in [1.82, 2.24) is 0 Å². The second-order valence-electron chi connectivity index (χ2n) is 4.44. The molecular weight excluding hydrogens is 314 g/mol. The minimum Gasteiger partial charge on any atom is -0.491 e. The maximum Gasteiger partial charge on any atom is 0.144 e. The van der Waals surface area contributed by atoms with Gasteiger partial charge in [-0.3, -0.25) is 0 Å². The molecule has 2 aromatic rings. The summed E-state index contributed by atoms with van der Waals surface area (Å²) in [7, 11) is 0. The molecule has 2 aromatic carbocycles. The van der Waals surface area contributed by atoms with Crippen LogP contribution in [-0.2, 0) is 0 Å². The summed E-state index contributed by atoms with van der Waals surface area (Å²) in [5.74, 6) is 0.0831. The summed E-state index contributed by atoms with van der Waals surface area (Å²) >= 11 is 12.0. The van der Waals surface area contributed by atoms with Crippen LogP contribution < -0.4 is 15.8 Å². The van der Waals surface area contributed by atoms with E-state index >= 15 is 0 Å². The highest BCUT2D eigenvalue weighted by molar-refractivity contribution is 6.39. The summed E-state index contributed by atoms with van der Waals surface area (Å²) in [6.45, 7) is 2.59. The third-order valence-corrected chi connectivity index (χ3v) is 3.39. The van der Waals surface area contributed by atoms with Crippen LogP contribution >= 0.6 is 23.2 Å². The first-order valence-corrected chi connectivity index (χ1v) is 7.21. The molecule has 0 saturated heterocycles. The zero-order valence-corrected chi connectivity index (χ0v) is 12.9. The lowest BCUT2D eigenvalue weighted by Crippen LogP contribution is -2.02. The number of anilines is 3. The Morgan fingerprint density at radius 3 is 2.52 bits per heavy atom. The molecule has 0 heterocycles. The second-order valence-corrected chi connectivity index (χ2v) is 5.25. The average molecular weight is 329 g/mol. The molecule has 0 atom stereocenters. The van der Waals surface area contributed by atoms with E-state index in [-0.39, 0.29) is 10.0 Å². The van der Waals surface area contributed by atoms with E-state index in [4.69, 9.17) is 33.7 Å². The third kappa shape index (κ3) is 3.71. The van der Waals surface area contributed by atoms with Gasteiger partial charge in [-0.1, -0.05) is 36.2 Å². The Labute approximate surface area is 132 Å². The van der Waals surface area contributed by atoms with Crippen molar-refractivity contribution in [2.75, 3.05) is 17.7 Å². The number of hydrogen-bond donors (Lipinski definition) is 2. The highest BCUT2D eigenvalue weighted by Crippen LogP contribution is 2.37. The van der Waals surface area contributed by atoms with Gasteiger partial charge in [-0.15, -0.1) is 0 Å². The predicted molar refractivity (Wildman–Crippen MR) is 86.3 cm³/mol. The number of benzene rings is 2. The summed E-state index contributed by atoms with van der Waals surface area (Å²) in [4.78, 5) is 0. The van der Waals surface area contributed by atoms with Crippen LogP contribution in [0, 0.1) is 5.82 Å². The Balaban J connectivity index is 2.32. The number of rotatable bonds is 5. The first-order chi connectivity index (χ1) is 10.0. The molecule has 0 aliphatic rings. The van der Waals surface area contributed by atoms with Gasteiger partial charge < -0.3 is 15.8 Å². The SMILES string of the molecule is CCCOc1cccc(Nc2c(Cl)cc(F)cc2Cl)c1N. The predicted octanol–water partition coefficient (Wildman–Crippen LogP) is 5.25. The molecule has 0 fully saturated rings. The molecule has 0 aliphatic carbocycles. The van der Waals surface area contributed by atoms with E-state index < -0.39 is 5.82 Å². The van der Waals surface area contributed by atoms with Crippen LogP contribution in [0.4, 0.5) is 21.5 Å². The van der Waals surface area contributed by atoms with E-state index in [2.05, 4.69) is 5.32 Å². The van der Waals surface area contributed by atoms with Crippen LogP contribution in [-0.4, -0.2) is 6.61 Å². The second kappa shape index (κ2) is 6.87. The summed E-state index contributed by atoms with van der Waals surface area (Å²) in [6.07, 6.45) is 0.882. The molecule has 0 radical (unpaired) electrons. The van der Waals surface area contributed by atoms with E-state index in [1.54, 1.807) is 18.2 Å². The van der Waals surface area contributed by atoms with Crippen LogP contribution in [0.25, 0.3) is 0 Å². The van der Waals surface area contributed by atoms with Crippen molar-refractivity contribution in [1.29, 1.82) is 0 Å². The largest absolute Gasteiger partial charge is 0.491 e. The molecule has 112 valence electrons. The topological polar surface area (TPSA) is 47.3 Å². The third-order valence-electron chi connectivity index (χ3n) is 2.79. The molecule has 0 aromatic heterocycles. The fourth-order valence-electron chi connectivity index (χ4n) is 1.79. The Morgan fingerprint density at radius 1 is 1.24 bits per heavy atom. The molecule has 21 heavy (non-hydrogen) atoms. The van der Waals surface area contributed by atoms with Gasteiger partial charge in [-0.05, 0) is 30.7 Å². The number of nitrogens with two attached hydrogens (primary N) is 1. The minimum absolute atomic E-state index is 0.180. The maximum absolute atomic E-state index is 13.2. The van der Waals surface area contributed by atoms with Crippen LogP contribution in [0.5, 0.6) is 5.75 Å². The van der Waals surface area contributed by atoms with Gasteiger partial charge in [0.05, 0.1) is 33.7 Å². The molecule has 0 bridgehead atoms. The quantitative estimate of drug-likeness (QED) is 0.737. The smallest absolute Gasteiger partial charge is 0.144 e. The lowest BCUT2D eigenvalue weighted by Gasteiger charge is -2.15. The number of nitrogens with one attached hydrogen (secondary N) is 1. The van der Waals surface area contributed by atoms with E-state index in [9.17, 15) is 4.39 Å². The fraction of sp³-hybridized carbons (Fsp3) is 0.200. The van der Waals surface area contributed by atoms with Gasteiger partial charge >= 0.3 is 0 Å². The Kier molecular flexibility index (Phi) is 5.15. The molecule has 0 unspecified atom stereocenters. The van der Waals surface area contributed by atoms with Crippen molar-refractivity contribution in [3.05, 3.63) is 46.2 Å². The minimum atomic E-state index is -0.497. The number of para-hydroxylation sites is 1. The average Bonchev–Trinajstić information content (AvgIpc) is 2.43. The molecule has 0 spiro atoms. The zero-order valence-electron chi connectivity index (χ0n) is 11.4. The van der Waals surface area contributed by atoms with Gasteiger partial charge in [0.25, 0.3) is 0 Å². The summed E-state index contributed by atoms with van der Waals surface area (Å²) in [6, 6.07) is 7.72. The Bertz CT molecular complexity index is 627. The van der Waals surface area contributed by atoms with Crippen molar-refractivity contribution in [2.45, 2.75) is 13.3 Å². The zero-order chi connectivity index (χ0) is 15.4. The highest BCUT2D eigenvalue weighted by Gasteiger charge is 2.12. The lowest BCUT2D eigenvalue weighted by molar-refractivity contribution is 0.319. The van der Waals surface area contributed by atoms with Gasteiger partial charge in [0.2, 0.25) is 0 Å². The Hall–Kier alpha value is -1.65. The van der Waals surface area contributed by atoms with E-state index in [0.717, 1.165) is 6.42 Å². The molecule has 2 rings (SSSR count). The molecular formula is C15H15Cl2FN2O. The number of nitrogen functional groups attached to an aromatic ring is 1. The van der Waals surface area contributed by atoms with Crippen molar-refractivity contribution in [3.8, 4) is 5.75 Å². The van der Waals surface area contributed by atoms with Gasteiger partial charge in [0.1, 0.15) is 11.6 Å². The fourth-order valence-corrected chi connectivity index (χ4v) is 2.34. The number of hydrogen-bond acceptors (Lipinski definition) is 3. The maximum atomic E-state index is 13.2. The van der Waals surface area contributed by atoms with Crippen LogP contribution in [0.1, 0.15) is 13.3 Å². The van der Waals surface area contributed by atoms with Crippen LogP contribution in [0.3, 0.4) is 0 Å². The van der Waals surface area contributed by atoms with E-state index in [1.807, 2.05) is 6.92 Å². The van der Waals surface area contributed by atoms with Gasteiger partial charge in [0, 0.05) is 0 Å². The normalized spacial score (nSPS) is 10.5. The molecule has 6 heteroatoms. The van der Waals surface area contributed by atoms with E-state index in [0.29, 0.717) is 29.4 Å². The van der Waals surface area contributed by atoms with E-state index in [1.165, 1.54) is 12.1 Å². The van der Waals surface area contributed by atoms with Gasteiger partial charge in [-0.25, -0.2) is 4.39 Å². The molecule has 0 aliphatic heterocycles. The first-order valence-electron chi connectivity index (χ1n) is 6.45. The molecule has 0 saturated carbocycles. The van der Waals surface area contributed by atoms with Crippen molar-refractivity contribution in [2.24, 2.45) is 0 Å². The summed E-state index contributed by atoms with van der Waals surface area (Å²) < 4.78 is 18.7. The first kappa shape index (κ1) is 15.7. The van der Waals surface area contributed by atoms with Crippen molar-refractivity contribution >= 4 is 40.3 Å². The molecule has 3 nitrogen and oxygen atoms in total. The highest BCUT2D eigenvalue weighted by atomic mass is 35.5. The molecule has 3 N–H and O–H groups in total. The van der Waals surface area contributed by atoms with Gasteiger partial charge in [0.15, 0.2) is 0 Å². The summed E-state index contributed by atoms with van der Waals surface area (Å²) in [5.41, 5.74) is 7.50. The van der Waals surface area contributed by atoms with Crippen LogP contribution in [0.2, 0.25) is 10.0 Å².